The number of hydrogen-bond acceptors (Lipinski definition) is 2. The van der Waals surface area contributed by atoms with E-state index < -0.39 is 0 Å². The van der Waals surface area contributed by atoms with Gasteiger partial charge in [0.1, 0.15) is 0 Å². The van der Waals surface area contributed by atoms with Crippen LogP contribution in [0.2, 0.25) is 0 Å². The summed E-state index contributed by atoms with van der Waals surface area (Å²) in [4.78, 5) is 12.0. The molecule has 98 valence electrons. The van der Waals surface area contributed by atoms with E-state index in [1.54, 1.807) is 0 Å². The standard InChI is InChI=1S/C17H18O2/c1-4-12(3)15-11-16(17(18)19-5-2)14-10-8-6-7-9-13(14)15/h4,6-11H,5H2,1-3H3/b12-4-. The molecule has 0 N–H and O–H groups in total. The maximum Gasteiger partial charge on any atom is 0.338 e. The van der Waals surface area contributed by atoms with Gasteiger partial charge in [-0.3, -0.25) is 0 Å². The third-order valence-corrected chi connectivity index (χ3v) is 3.26. The molecule has 0 bridgehead atoms. The molecule has 0 fully saturated rings. The van der Waals surface area contributed by atoms with Crippen molar-refractivity contribution >= 4 is 11.5 Å². The molecule has 0 saturated heterocycles. The Labute approximate surface area is 114 Å². The molecule has 0 amide bonds. The molecule has 2 nitrogen and oxygen atoms in total. The van der Waals surface area contributed by atoms with Crippen molar-refractivity contribution in [1.29, 1.82) is 0 Å². The monoisotopic (exact) mass is 254 g/mol. The number of rotatable bonds is 3. The van der Waals surface area contributed by atoms with Crippen LogP contribution in [0.3, 0.4) is 0 Å². The van der Waals surface area contributed by atoms with Gasteiger partial charge in [0.15, 0.2) is 0 Å². The first-order valence-corrected chi connectivity index (χ1v) is 6.51. The Morgan fingerprint density at radius 2 is 1.79 bits per heavy atom. The Hall–Kier alpha value is -2.09. The van der Waals surface area contributed by atoms with Gasteiger partial charge in [0, 0.05) is 0 Å². The highest BCUT2D eigenvalue weighted by Crippen LogP contribution is 2.36. The molecule has 0 radical (unpaired) electrons. The van der Waals surface area contributed by atoms with E-state index in [-0.39, 0.29) is 5.97 Å². The molecule has 2 aliphatic carbocycles. The van der Waals surface area contributed by atoms with Gasteiger partial charge in [0.25, 0.3) is 0 Å². The molecule has 0 aromatic carbocycles. The summed E-state index contributed by atoms with van der Waals surface area (Å²) in [5.41, 5.74) is 4.93. The minimum absolute atomic E-state index is 0.256. The zero-order valence-electron chi connectivity index (χ0n) is 11.6. The highest BCUT2D eigenvalue weighted by Gasteiger charge is 2.20. The number of hydrogen-bond donors (Lipinski definition) is 0. The summed E-state index contributed by atoms with van der Waals surface area (Å²) in [5.74, 6) is -0.256. The summed E-state index contributed by atoms with van der Waals surface area (Å²) in [5, 5.41) is 0. The second-order valence-electron chi connectivity index (χ2n) is 4.40. The van der Waals surface area contributed by atoms with Crippen molar-refractivity contribution in [3.8, 4) is 11.1 Å². The van der Waals surface area contributed by atoms with Gasteiger partial charge in [-0.15, -0.1) is 0 Å². The lowest BCUT2D eigenvalue weighted by molar-refractivity contribution is 0.0527. The Morgan fingerprint density at radius 3 is 2.37 bits per heavy atom. The molecule has 0 spiro atoms. The van der Waals surface area contributed by atoms with Gasteiger partial charge >= 0.3 is 5.97 Å². The fraction of sp³-hybridized carbons (Fsp3) is 0.235. The summed E-state index contributed by atoms with van der Waals surface area (Å²) in [7, 11) is 0. The van der Waals surface area contributed by atoms with Crippen molar-refractivity contribution in [2.24, 2.45) is 0 Å². The summed E-state index contributed by atoms with van der Waals surface area (Å²) < 4.78 is 5.13. The Kier molecular flexibility index (Phi) is 4.00. The molecule has 2 rings (SSSR count). The van der Waals surface area contributed by atoms with Crippen molar-refractivity contribution in [3.05, 3.63) is 53.6 Å². The lowest BCUT2D eigenvalue weighted by atomic mass is 10.0. The summed E-state index contributed by atoms with van der Waals surface area (Å²) >= 11 is 0. The first-order valence-electron chi connectivity index (χ1n) is 6.51. The highest BCUT2D eigenvalue weighted by molar-refractivity contribution is 6.02. The quantitative estimate of drug-likeness (QED) is 0.759. The van der Waals surface area contributed by atoms with Crippen molar-refractivity contribution in [2.45, 2.75) is 20.8 Å². The van der Waals surface area contributed by atoms with Crippen LogP contribution in [0, 0.1) is 0 Å². The number of esters is 1. The second kappa shape index (κ2) is 5.70. The predicted molar refractivity (Wildman–Crippen MR) is 78.3 cm³/mol. The van der Waals surface area contributed by atoms with E-state index in [0.717, 1.165) is 22.3 Å². The molecule has 2 aliphatic rings. The van der Waals surface area contributed by atoms with E-state index in [4.69, 9.17) is 4.74 Å². The lowest BCUT2D eigenvalue weighted by Crippen LogP contribution is -2.03. The van der Waals surface area contributed by atoms with Crippen LogP contribution >= 0.6 is 0 Å². The zero-order valence-corrected chi connectivity index (χ0v) is 11.6. The molecule has 0 aromatic heterocycles. The van der Waals surface area contributed by atoms with Crippen molar-refractivity contribution in [2.75, 3.05) is 6.61 Å². The molecule has 0 aliphatic heterocycles. The Morgan fingerprint density at radius 1 is 1.16 bits per heavy atom. The van der Waals surface area contributed by atoms with Gasteiger partial charge in [-0.2, -0.15) is 0 Å². The smallest absolute Gasteiger partial charge is 0.338 e. The van der Waals surface area contributed by atoms with Crippen LogP contribution in [0.5, 0.6) is 0 Å². The SMILES string of the molecule is C/C=C(/C)c1cc(C(=O)OCC)c2cccccc1-2. The number of carbonyl (C=O) groups excluding carboxylic acids is 1. The van der Waals surface area contributed by atoms with Crippen molar-refractivity contribution in [3.63, 3.8) is 0 Å². The maximum absolute atomic E-state index is 12.0. The van der Waals surface area contributed by atoms with E-state index in [0.29, 0.717) is 12.2 Å². The van der Waals surface area contributed by atoms with Crippen LogP contribution < -0.4 is 0 Å². The van der Waals surface area contributed by atoms with E-state index in [1.807, 2.05) is 50.2 Å². The van der Waals surface area contributed by atoms with E-state index in [1.165, 1.54) is 0 Å². The minimum atomic E-state index is -0.256. The Bertz CT molecular complexity index is 596. The number of ether oxygens (including phenoxy) is 1. The van der Waals surface area contributed by atoms with Crippen molar-refractivity contribution < 1.29 is 9.53 Å². The van der Waals surface area contributed by atoms with Gasteiger partial charge in [-0.05, 0) is 49.1 Å². The fourth-order valence-electron chi connectivity index (χ4n) is 2.18. The first kappa shape index (κ1) is 13.3. The fourth-order valence-corrected chi connectivity index (χ4v) is 2.18. The van der Waals surface area contributed by atoms with Crippen LogP contribution in [-0.4, -0.2) is 12.6 Å². The Balaban J connectivity index is 2.64. The predicted octanol–water partition coefficient (Wildman–Crippen LogP) is 4.39. The zero-order chi connectivity index (χ0) is 13.8. The van der Waals surface area contributed by atoms with Crippen LogP contribution in [0.25, 0.3) is 16.7 Å². The number of fused-ring (bicyclic) bond motifs is 1. The number of allylic oxidation sites excluding steroid dienone is 2. The summed E-state index contributed by atoms with van der Waals surface area (Å²) in [6.45, 7) is 6.27. The van der Waals surface area contributed by atoms with Gasteiger partial charge in [-0.1, -0.05) is 36.4 Å². The van der Waals surface area contributed by atoms with Gasteiger partial charge in [-0.25, -0.2) is 4.79 Å². The molecule has 2 heteroatoms. The van der Waals surface area contributed by atoms with Crippen LogP contribution in [0.1, 0.15) is 36.7 Å². The van der Waals surface area contributed by atoms with E-state index >= 15 is 0 Å². The minimum Gasteiger partial charge on any atom is -0.462 e. The van der Waals surface area contributed by atoms with E-state index in [9.17, 15) is 4.79 Å². The second-order valence-corrected chi connectivity index (χ2v) is 4.40. The molecule has 0 unspecified atom stereocenters. The molecule has 0 saturated carbocycles. The average molecular weight is 254 g/mol. The molecular formula is C17H18O2. The third-order valence-electron chi connectivity index (χ3n) is 3.26. The van der Waals surface area contributed by atoms with Crippen molar-refractivity contribution in [1.82, 2.24) is 0 Å². The molecule has 0 heterocycles. The van der Waals surface area contributed by atoms with Gasteiger partial charge in [0.05, 0.1) is 12.2 Å². The number of carbonyl (C=O) groups is 1. The average Bonchev–Trinajstić information content (AvgIpc) is 2.60. The van der Waals surface area contributed by atoms with Crippen LogP contribution in [0.4, 0.5) is 0 Å². The lowest BCUT2D eigenvalue weighted by Gasteiger charge is -2.02. The molecule has 19 heavy (non-hydrogen) atoms. The summed E-state index contributed by atoms with van der Waals surface area (Å²) in [6, 6.07) is 11.8. The molecular weight excluding hydrogens is 236 g/mol. The largest absolute Gasteiger partial charge is 0.462 e. The molecule has 0 atom stereocenters. The normalized spacial score (nSPS) is 11.6. The summed E-state index contributed by atoms with van der Waals surface area (Å²) in [6.07, 6.45) is 2.05. The topological polar surface area (TPSA) is 26.3 Å². The maximum atomic E-state index is 12.0. The van der Waals surface area contributed by atoms with E-state index in [2.05, 4.69) is 13.0 Å². The van der Waals surface area contributed by atoms with Crippen LogP contribution in [0.15, 0.2) is 42.5 Å². The third kappa shape index (κ3) is 2.53. The first-order chi connectivity index (χ1) is 9.19. The van der Waals surface area contributed by atoms with Crippen LogP contribution in [-0.2, 0) is 4.74 Å². The molecule has 0 aromatic rings. The van der Waals surface area contributed by atoms with Gasteiger partial charge < -0.3 is 4.74 Å². The highest BCUT2D eigenvalue weighted by atomic mass is 16.5. The van der Waals surface area contributed by atoms with Gasteiger partial charge in [0.2, 0.25) is 0 Å².